The van der Waals surface area contributed by atoms with Crippen LogP contribution in [0.15, 0.2) is 27.8 Å². The standard InChI is InChI=1S/C22H14B10ClN5O2/c23-12-13(24)15(26)17-16(14(12)25)35-19(40)38(17)22(31,32)20(27,28)21(29,30)36-5-3-9(4-6-36)37-11-2-1-8(33)7-10(11)34-18(37)39/h1-2,7,9H,3-6H2,(H,34,39)(H,35,40). The van der Waals surface area contributed by atoms with Crippen molar-refractivity contribution < 1.29 is 0 Å². The van der Waals surface area contributed by atoms with Gasteiger partial charge in [-0.15, -0.1) is 10.9 Å². The Labute approximate surface area is 249 Å². The van der Waals surface area contributed by atoms with Crippen LogP contribution in [0, 0.1) is 0 Å². The van der Waals surface area contributed by atoms with Crippen molar-refractivity contribution in [3.05, 3.63) is 44.2 Å². The van der Waals surface area contributed by atoms with Crippen LogP contribution in [0.4, 0.5) is 0 Å². The molecule has 1 aliphatic rings. The molecule has 5 rings (SSSR count). The molecule has 3 heterocycles. The maximum absolute atomic E-state index is 13.1. The van der Waals surface area contributed by atoms with Gasteiger partial charge in [-0.3, -0.25) is 4.57 Å². The summed E-state index contributed by atoms with van der Waals surface area (Å²) in [4.78, 5) is 32.8. The van der Waals surface area contributed by atoms with Gasteiger partial charge in [-0.05, 0) is 49.5 Å². The molecule has 1 fully saturated rings. The molecule has 0 unspecified atom stereocenters. The normalized spacial score (nSPS) is 16.2. The van der Waals surface area contributed by atoms with Crippen molar-refractivity contribution in [2.75, 3.05) is 13.1 Å². The van der Waals surface area contributed by atoms with Crippen LogP contribution in [0.1, 0.15) is 18.9 Å². The minimum atomic E-state index is -2.43. The van der Waals surface area contributed by atoms with Crippen molar-refractivity contribution in [3.63, 3.8) is 0 Å². The van der Waals surface area contributed by atoms with E-state index in [0.717, 1.165) is 4.57 Å². The van der Waals surface area contributed by atoms with Crippen LogP contribution in [0.5, 0.6) is 0 Å². The number of fused-ring (bicyclic) bond motifs is 2. The van der Waals surface area contributed by atoms with E-state index < -0.39 is 21.6 Å². The maximum Gasteiger partial charge on any atom is 0.326 e. The van der Waals surface area contributed by atoms with E-state index >= 15 is 0 Å². The van der Waals surface area contributed by atoms with Crippen molar-refractivity contribution in [2.45, 2.75) is 34.8 Å². The van der Waals surface area contributed by atoms with Crippen molar-refractivity contribution in [3.8, 4) is 0 Å². The zero-order valence-corrected chi connectivity index (χ0v) is 22.2. The maximum atomic E-state index is 13.1. The predicted octanol–water partition coefficient (Wildman–Crippen LogP) is -4.47. The molecule has 0 spiro atoms. The van der Waals surface area contributed by atoms with Gasteiger partial charge in [0.25, 0.3) is 0 Å². The molecular formula is C22H14B10ClN5O2. The van der Waals surface area contributed by atoms with Crippen LogP contribution in [0.3, 0.4) is 0 Å². The zero-order chi connectivity index (χ0) is 29.5. The van der Waals surface area contributed by atoms with Gasteiger partial charge in [0, 0.05) is 11.1 Å². The van der Waals surface area contributed by atoms with Gasteiger partial charge in [0.2, 0.25) is 0 Å². The molecule has 0 aliphatic carbocycles. The number of benzene rings is 2. The van der Waals surface area contributed by atoms with Crippen molar-refractivity contribution in [1.29, 1.82) is 0 Å². The number of imidazole rings is 2. The molecule has 0 amide bonds. The molecule has 1 saturated heterocycles. The second kappa shape index (κ2) is 9.72. The lowest BCUT2D eigenvalue weighted by Gasteiger charge is -2.61. The largest absolute Gasteiger partial charge is 0.326 e. The fraction of sp³-hybridized carbons (Fsp3) is 0.364. The van der Waals surface area contributed by atoms with Crippen LogP contribution in [-0.2, 0) is 5.34 Å². The van der Waals surface area contributed by atoms with E-state index in [1.807, 2.05) is 0 Å². The van der Waals surface area contributed by atoms with Crippen LogP contribution >= 0.6 is 11.6 Å². The van der Waals surface area contributed by atoms with Gasteiger partial charge in [0.15, 0.2) is 0 Å². The summed E-state index contributed by atoms with van der Waals surface area (Å²) >= 11 is 6.07. The number of H-pyrrole nitrogens is 2. The minimum Gasteiger partial charge on any atom is -0.315 e. The molecule has 1 aliphatic heterocycles. The van der Waals surface area contributed by atoms with Gasteiger partial charge in [-0.25, -0.2) is 9.59 Å². The van der Waals surface area contributed by atoms with Crippen LogP contribution in [-0.4, -0.2) is 121 Å². The molecule has 2 aromatic carbocycles. The molecule has 0 atom stereocenters. The summed E-state index contributed by atoms with van der Waals surface area (Å²) in [5.74, 6) is 0. The third-order valence-corrected chi connectivity index (χ3v) is 8.25. The average molecular weight is 524 g/mol. The van der Waals surface area contributed by atoms with E-state index in [4.69, 9.17) is 90.1 Å². The number of nitrogens with zero attached hydrogens (tertiary/aromatic N) is 3. The number of hydrogen-bond acceptors (Lipinski definition) is 3. The Morgan fingerprint density at radius 1 is 0.800 bits per heavy atom. The third-order valence-electron chi connectivity index (χ3n) is 8.02. The lowest BCUT2D eigenvalue weighted by molar-refractivity contribution is 0.131. The highest BCUT2D eigenvalue weighted by molar-refractivity contribution is 6.66. The Morgan fingerprint density at radius 3 is 2.02 bits per heavy atom. The first-order chi connectivity index (χ1) is 18.5. The van der Waals surface area contributed by atoms with Gasteiger partial charge in [-0.2, -0.15) is 0 Å². The Kier molecular flexibility index (Phi) is 7.14. The summed E-state index contributed by atoms with van der Waals surface area (Å²) in [6, 6.07) is 4.98. The van der Waals surface area contributed by atoms with Gasteiger partial charge in [0.05, 0.1) is 69.1 Å². The molecule has 40 heavy (non-hydrogen) atoms. The number of aromatic amines is 2. The quantitative estimate of drug-likeness (QED) is 0.259. The van der Waals surface area contributed by atoms with E-state index in [2.05, 4.69) is 9.97 Å². The van der Waals surface area contributed by atoms with Crippen molar-refractivity contribution in [2.24, 2.45) is 0 Å². The van der Waals surface area contributed by atoms with E-state index in [1.54, 1.807) is 27.7 Å². The first-order valence-corrected chi connectivity index (χ1v) is 12.6. The number of aromatic nitrogens is 4. The molecule has 7 nitrogen and oxygen atoms in total. The molecule has 0 bridgehead atoms. The van der Waals surface area contributed by atoms with E-state index in [9.17, 15) is 9.59 Å². The lowest BCUT2D eigenvalue weighted by atomic mass is 9.22. The molecular weight excluding hydrogens is 510 g/mol. The summed E-state index contributed by atoms with van der Waals surface area (Å²) in [6.07, 6.45) is 0.909. The summed E-state index contributed by atoms with van der Waals surface area (Å²) in [6.45, 7) is 0.524. The Bertz CT molecular complexity index is 1770. The number of hydrogen-bond donors (Lipinski definition) is 2. The molecule has 4 aromatic rings. The number of nitrogens with one attached hydrogen (secondary N) is 2. The fourth-order valence-corrected chi connectivity index (χ4v) is 5.69. The lowest BCUT2D eigenvalue weighted by Crippen LogP contribution is -2.69. The van der Waals surface area contributed by atoms with E-state index in [1.165, 1.54) is 0 Å². The number of piperidine rings is 1. The molecule has 0 saturated carbocycles. The van der Waals surface area contributed by atoms with E-state index in [-0.39, 0.29) is 57.7 Å². The van der Waals surface area contributed by atoms with Crippen LogP contribution in [0.25, 0.3) is 22.1 Å². The van der Waals surface area contributed by atoms with E-state index in [0.29, 0.717) is 28.9 Å². The smallest absolute Gasteiger partial charge is 0.315 e. The summed E-state index contributed by atoms with van der Waals surface area (Å²) < 4.78 is 2.49. The van der Waals surface area contributed by atoms with Gasteiger partial charge in [-0.1, -0.05) is 33.1 Å². The number of rotatable bonds is 5. The van der Waals surface area contributed by atoms with Crippen molar-refractivity contribution in [1.82, 2.24) is 24.0 Å². The highest BCUT2D eigenvalue weighted by Gasteiger charge is 2.50. The highest BCUT2D eigenvalue weighted by Crippen LogP contribution is 2.45. The molecule has 2 N–H and O–H groups in total. The fourth-order valence-electron chi connectivity index (χ4n) is 5.52. The first kappa shape index (κ1) is 29.4. The summed E-state index contributed by atoms with van der Waals surface area (Å²) in [7, 11) is 63.2. The summed E-state index contributed by atoms with van der Waals surface area (Å²) in [5, 5.41) is -6.36. The molecule has 2 aromatic heterocycles. The monoisotopic (exact) mass is 525 g/mol. The predicted molar refractivity (Wildman–Crippen MR) is 169 cm³/mol. The third kappa shape index (κ3) is 4.12. The van der Waals surface area contributed by atoms with Gasteiger partial charge >= 0.3 is 11.4 Å². The average Bonchev–Trinajstić information content (AvgIpc) is 3.41. The minimum absolute atomic E-state index is 0.0305. The number of halogens is 1. The Hall–Kier alpha value is -2.12. The van der Waals surface area contributed by atoms with Crippen LogP contribution < -0.4 is 33.2 Å². The SMILES string of the molecule is [B]c1c([B])c([B])c2c([nH]c(=O)n2C([B])([B])C([B])([B])C([B])([B])N2CCC(n3c(=O)[nH]c4cc(Cl)ccc43)CC2)c1[B]. The van der Waals surface area contributed by atoms with Gasteiger partial charge < -0.3 is 19.4 Å². The second-order valence-corrected chi connectivity index (χ2v) is 10.8. The molecule has 176 valence electrons. The number of likely N-dealkylation sites (tertiary alicyclic amines) is 1. The van der Waals surface area contributed by atoms with Crippen LogP contribution in [0.2, 0.25) is 10.2 Å². The van der Waals surface area contributed by atoms with Crippen molar-refractivity contribution >= 4 is 134 Å². The summed E-state index contributed by atoms with van der Waals surface area (Å²) in [5.41, 5.74) is -0.0937. The first-order valence-electron chi connectivity index (χ1n) is 12.3. The molecule has 18 heteroatoms. The zero-order valence-electron chi connectivity index (χ0n) is 21.4. The highest BCUT2D eigenvalue weighted by atomic mass is 35.5. The Balaban J connectivity index is 1.48. The molecule has 20 radical (unpaired) electrons. The topological polar surface area (TPSA) is 78.8 Å². The second-order valence-electron chi connectivity index (χ2n) is 10.3. The van der Waals surface area contributed by atoms with Gasteiger partial charge in [0.1, 0.15) is 31.4 Å². The Morgan fingerprint density at radius 2 is 1.40 bits per heavy atom.